The second-order valence-electron chi connectivity index (χ2n) is 9.31. The summed E-state index contributed by atoms with van der Waals surface area (Å²) < 4.78 is 22.6. The lowest BCUT2D eigenvalue weighted by Gasteiger charge is -2.17. The number of carbonyl (C=O) groups excluding carboxylic acids is 2. The van der Waals surface area contributed by atoms with Gasteiger partial charge in [0.05, 0.1) is 13.5 Å². The zero-order chi connectivity index (χ0) is 26.9. The molecule has 0 radical (unpaired) electrons. The highest BCUT2D eigenvalue weighted by Crippen LogP contribution is 2.42. The van der Waals surface area contributed by atoms with E-state index in [-0.39, 0.29) is 25.0 Å². The maximum Gasteiger partial charge on any atom is 0.242 e. The molecule has 0 bridgehead atoms. The van der Waals surface area contributed by atoms with Crippen molar-refractivity contribution in [3.63, 3.8) is 0 Å². The van der Waals surface area contributed by atoms with Crippen LogP contribution in [-0.2, 0) is 22.4 Å². The molecule has 6 rings (SSSR count). The number of rotatable bonds is 8. The molecule has 1 aliphatic heterocycles. The van der Waals surface area contributed by atoms with Crippen molar-refractivity contribution in [1.29, 1.82) is 0 Å². The van der Waals surface area contributed by atoms with Gasteiger partial charge in [-0.05, 0) is 42.0 Å². The van der Waals surface area contributed by atoms with Crippen LogP contribution in [0.3, 0.4) is 0 Å². The molecule has 1 atom stereocenters. The molecule has 39 heavy (non-hydrogen) atoms. The van der Waals surface area contributed by atoms with Crippen molar-refractivity contribution in [2.45, 2.75) is 18.9 Å². The lowest BCUT2D eigenvalue weighted by molar-refractivity contribution is -0.128. The highest BCUT2D eigenvalue weighted by Gasteiger charge is 2.26. The number of H-pyrrole nitrogens is 1. The zero-order valence-electron chi connectivity index (χ0n) is 21.5. The molecule has 0 spiro atoms. The molecule has 1 unspecified atom stereocenters. The SMILES string of the molecule is CNC(=O)C(Cc1c[nH]c2ccccc12)NC(=O)Cc1c(-c2ccc(OC)cc2)oc2cc3c(cc12)OCO3. The van der Waals surface area contributed by atoms with E-state index in [4.69, 9.17) is 18.6 Å². The number of hydrogen-bond acceptors (Lipinski definition) is 6. The maximum absolute atomic E-state index is 13.5. The third-order valence-corrected chi connectivity index (χ3v) is 6.97. The van der Waals surface area contributed by atoms with Crippen LogP contribution in [0.2, 0.25) is 0 Å². The molecule has 3 heterocycles. The largest absolute Gasteiger partial charge is 0.497 e. The van der Waals surface area contributed by atoms with Gasteiger partial charge in [-0.1, -0.05) is 18.2 Å². The van der Waals surface area contributed by atoms with Crippen LogP contribution < -0.4 is 24.8 Å². The van der Waals surface area contributed by atoms with Crippen LogP contribution in [0.25, 0.3) is 33.2 Å². The van der Waals surface area contributed by atoms with E-state index >= 15 is 0 Å². The summed E-state index contributed by atoms with van der Waals surface area (Å²) in [7, 11) is 3.16. The van der Waals surface area contributed by atoms with E-state index < -0.39 is 6.04 Å². The summed E-state index contributed by atoms with van der Waals surface area (Å²) >= 11 is 0. The van der Waals surface area contributed by atoms with Gasteiger partial charge in [0.25, 0.3) is 0 Å². The van der Waals surface area contributed by atoms with Gasteiger partial charge >= 0.3 is 0 Å². The monoisotopic (exact) mass is 525 g/mol. The number of nitrogens with one attached hydrogen (secondary N) is 3. The minimum absolute atomic E-state index is 0.00458. The van der Waals surface area contributed by atoms with Crippen molar-refractivity contribution < 1.29 is 28.2 Å². The molecule has 0 saturated heterocycles. The fraction of sp³-hybridized carbons (Fsp3) is 0.200. The molecule has 3 aromatic carbocycles. The van der Waals surface area contributed by atoms with Gasteiger partial charge in [-0.25, -0.2) is 0 Å². The van der Waals surface area contributed by atoms with E-state index in [2.05, 4.69) is 15.6 Å². The highest BCUT2D eigenvalue weighted by atomic mass is 16.7. The van der Waals surface area contributed by atoms with Gasteiger partial charge in [0.15, 0.2) is 11.5 Å². The molecule has 2 amide bonds. The molecule has 3 N–H and O–H groups in total. The molecular weight excluding hydrogens is 498 g/mol. The normalized spacial score (nSPS) is 13.0. The second-order valence-corrected chi connectivity index (χ2v) is 9.31. The maximum atomic E-state index is 13.5. The van der Waals surface area contributed by atoms with Crippen LogP contribution in [0, 0.1) is 0 Å². The Labute approximate surface area is 224 Å². The Hall–Kier alpha value is -4.92. The Morgan fingerprint density at radius 3 is 2.56 bits per heavy atom. The number of fused-ring (bicyclic) bond motifs is 3. The lowest BCUT2D eigenvalue weighted by Crippen LogP contribution is -2.47. The quantitative estimate of drug-likeness (QED) is 0.278. The number of para-hydroxylation sites is 1. The fourth-order valence-corrected chi connectivity index (χ4v) is 5.00. The number of aromatic nitrogens is 1. The number of carbonyl (C=O) groups is 2. The number of aromatic amines is 1. The molecule has 1 aliphatic rings. The van der Waals surface area contributed by atoms with E-state index in [0.717, 1.165) is 27.4 Å². The minimum atomic E-state index is -0.759. The van der Waals surface area contributed by atoms with Crippen molar-refractivity contribution in [2.24, 2.45) is 0 Å². The molecule has 9 heteroatoms. The van der Waals surface area contributed by atoms with Gasteiger partial charge < -0.3 is 34.2 Å². The Balaban J connectivity index is 1.32. The standard InChI is InChI=1S/C30H27N3O6/c1-31-30(35)24(11-18-15-32-23-6-4-3-5-20(18)23)33-28(34)13-22-21-12-26-27(38-16-37-26)14-25(21)39-29(22)17-7-9-19(36-2)10-8-17/h3-10,12,14-15,24,32H,11,13,16H2,1-2H3,(H,31,35)(H,33,34). The van der Waals surface area contributed by atoms with Crippen LogP contribution in [0.5, 0.6) is 17.2 Å². The lowest BCUT2D eigenvalue weighted by atomic mass is 10.0. The number of ether oxygens (including phenoxy) is 3. The van der Waals surface area contributed by atoms with E-state index in [1.54, 1.807) is 20.2 Å². The molecule has 0 aliphatic carbocycles. The van der Waals surface area contributed by atoms with Gasteiger partial charge in [0, 0.05) is 53.1 Å². The molecule has 5 aromatic rings. The Morgan fingerprint density at radius 2 is 1.79 bits per heavy atom. The van der Waals surface area contributed by atoms with Gasteiger partial charge in [0.1, 0.15) is 23.1 Å². The third-order valence-electron chi connectivity index (χ3n) is 6.97. The smallest absolute Gasteiger partial charge is 0.242 e. The molecule has 2 aromatic heterocycles. The third kappa shape index (κ3) is 4.63. The molecule has 9 nitrogen and oxygen atoms in total. The van der Waals surface area contributed by atoms with Crippen LogP contribution >= 0.6 is 0 Å². The minimum Gasteiger partial charge on any atom is -0.497 e. The average molecular weight is 526 g/mol. The van der Waals surface area contributed by atoms with Crippen molar-refractivity contribution in [1.82, 2.24) is 15.6 Å². The molecule has 0 fully saturated rings. The topological polar surface area (TPSA) is 115 Å². The van der Waals surface area contributed by atoms with Gasteiger partial charge in [-0.3, -0.25) is 9.59 Å². The zero-order valence-corrected chi connectivity index (χ0v) is 21.5. The van der Waals surface area contributed by atoms with Crippen LogP contribution in [0.15, 0.2) is 71.3 Å². The molecule has 0 saturated carbocycles. The summed E-state index contributed by atoms with van der Waals surface area (Å²) in [6.45, 7) is 0.130. The predicted molar refractivity (Wildman–Crippen MR) is 146 cm³/mol. The first kappa shape index (κ1) is 24.4. The Kier molecular flexibility index (Phi) is 6.32. The molecular formula is C30H27N3O6. The summed E-state index contributed by atoms with van der Waals surface area (Å²) in [6.07, 6.45) is 2.21. The van der Waals surface area contributed by atoms with Gasteiger partial charge in [-0.15, -0.1) is 0 Å². The van der Waals surface area contributed by atoms with E-state index in [1.165, 1.54) is 0 Å². The van der Waals surface area contributed by atoms with E-state index in [1.807, 2.05) is 60.8 Å². The van der Waals surface area contributed by atoms with Crippen LogP contribution in [0.4, 0.5) is 0 Å². The summed E-state index contributed by atoms with van der Waals surface area (Å²) in [5, 5.41) is 7.37. The number of likely N-dealkylation sites (N-methyl/N-ethyl adjacent to an activating group) is 1. The van der Waals surface area contributed by atoms with Crippen LogP contribution in [-0.4, -0.2) is 43.8 Å². The van der Waals surface area contributed by atoms with Crippen molar-refractivity contribution in [2.75, 3.05) is 21.0 Å². The number of furan rings is 1. The first-order valence-corrected chi connectivity index (χ1v) is 12.6. The molecule has 198 valence electrons. The summed E-state index contributed by atoms with van der Waals surface area (Å²) in [5.74, 6) is 1.86. The van der Waals surface area contributed by atoms with E-state index in [9.17, 15) is 9.59 Å². The van der Waals surface area contributed by atoms with Gasteiger partial charge in [0.2, 0.25) is 18.6 Å². The van der Waals surface area contributed by atoms with Crippen molar-refractivity contribution >= 4 is 33.7 Å². The summed E-state index contributed by atoms with van der Waals surface area (Å²) in [4.78, 5) is 29.5. The number of methoxy groups -OCH3 is 1. The first-order chi connectivity index (χ1) is 19.0. The Bertz CT molecular complexity index is 1680. The number of hydrogen-bond donors (Lipinski definition) is 3. The van der Waals surface area contributed by atoms with Crippen molar-refractivity contribution in [3.8, 4) is 28.6 Å². The second kappa shape index (κ2) is 10.1. The number of amides is 2. The summed E-state index contributed by atoms with van der Waals surface area (Å²) in [6, 6.07) is 18.1. The Morgan fingerprint density at radius 1 is 1.03 bits per heavy atom. The first-order valence-electron chi connectivity index (χ1n) is 12.6. The van der Waals surface area contributed by atoms with E-state index in [0.29, 0.717) is 40.6 Å². The summed E-state index contributed by atoms with van der Waals surface area (Å²) in [5.41, 5.74) is 3.98. The number of benzene rings is 3. The predicted octanol–water partition coefficient (Wildman–Crippen LogP) is 4.33. The fourth-order valence-electron chi connectivity index (χ4n) is 5.00. The average Bonchev–Trinajstić information content (AvgIpc) is 3.68. The highest BCUT2D eigenvalue weighted by molar-refractivity contribution is 5.96. The van der Waals surface area contributed by atoms with Gasteiger partial charge in [-0.2, -0.15) is 0 Å². The van der Waals surface area contributed by atoms with Crippen LogP contribution in [0.1, 0.15) is 11.1 Å². The van der Waals surface area contributed by atoms with Crippen molar-refractivity contribution in [3.05, 3.63) is 78.0 Å².